The van der Waals surface area contributed by atoms with Crippen molar-refractivity contribution in [3.05, 3.63) is 59.5 Å². The number of rotatable bonds is 7. The fourth-order valence-electron chi connectivity index (χ4n) is 4.03. The Labute approximate surface area is 184 Å². The second kappa shape index (κ2) is 8.03. The van der Waals surface area contributed by atoms with Gasteiger partial charge in [0.1, 0.15) is 18.1 Å². The molecule has 0 spiro atoms. The van der Waals surface area contributed by atoms with Gasteiger partial charge in [-0.3, -0.25) is 5.10 Å². The number of aromatic nitrogens is 4. The Balaban J connectivity index is 1.40. The maximum Gasteiger partial charge on any atom is 0.340 e. The predicted octanol–water partition coefficient (Wildman–Crippen LogP) is 4.53. The van der Waals surface area contributed by atoms with Gasteiger partial charge in [0.25, 0.3) is 0 Å². The molecule has 0 amide bonds. The summed E-state index contributed by atoms with van der Waals surface area (Å²) in [5.74, 6) is 1.63. The molecule has 2 aromatic heterocycles. The molecular formula is C24H24N4O4. The average Bonchev–Trinajstić information content (AvgIpc) is 3.42. The van der Waals surface area contributed by atoms with E-state index in [2.05, 4.69) is 19.7 Å². The molecule has 4 aromatic rings. The van der Waals surface area contributed by atoms with Crippen LogP contribution in [0.4, 0.5) is 0 Å². The van der Waals surface area contributed by atoms with E-state index in [-0.39, 0.29) is 18.3 Å². The first kappa shape index (κ1) is 20.1. The number of hydrogen-bond acceptors (Lipinski definition) is 6. The highest BCUT2D eigenvalue weighted by Crippen LogP contribution is 2.42. The van der Waals surface area contributed by atoms with Crippen LogP contribution in [0.25, 0.3) is 22.3 Å². The molecule has 0 saturated heterocycles. The Morgan fingerprint density at radius 1 is 1.22 bits per heavy atom. The molecule has 164 valence electrons. The highest BCUT2D eigenvalue weighted by Gasteiger charge is 2.30. The molecule has 1 aliphatic carbocycles. The fourth-order valence-corrected chi connectivity index (χ4v) is 4.03. The summed E-state index contributed by atoms with van der Waals surface area (Å²) >= 11 is 0. The van der Waals surface area contributed by atoms with Crippen LogP contribution < -0.4 is 4.74 Å². The SMILES string of the molecule is CCOC(=O)c1c(C)n(C2CC2)c2ccc(OCc3nc(-c4ccc(O)cc4)n[nH]3)cc12. The Kier molecular flexibility index (Phi) is 5.05. The van der Waals surface area contributed by atoms with E-state index in [1.807, 2.05) is 32.0 Å². The molecule has 0 aliphatic heterocycles. The summed E-state index contributed by atoms with van der Waals surface area (Å²) in [5.41, 5.74) is 3.36. The van der Waals surface area contributed by atoms with Gasteiger partial charge in [0, 0.05) is 28.2 Å². The standard InChI is InChI=1S/C24H24N4O4/c1-3-31-24(30)22-14(2)28(16-6-7-16)20-11-10-18(12-19(20)22)32-13-21-25-23(27-26-21)15-4-8-17(29)9-5-15/h4-5,8-12,16,29H,3,6-7,13H2,1-2H3,(H,25,26,27). The van der Waals surface area contributed by atoms with Gasteiger partial charge in [0.15, 0.2) is 11.6 Å². The van der Waals surface area contributed by atoms with Gasteiger partial charge in [-0.15, -0.1) is 0 Å². The van der Waals surface area contributed by atoms with Crippen LogP contribution in [-0.4, -0.2) is 37.4 Å². The normalized spacial score (nSPS) is 13.4. The molecule has 5 rings (SSSR count). The lowest BCUT2D eigenvalue weighted by Crippen LogP contribution is -2.07. The number of ether oxygens (including phenoxy) is 2. The number of aromatic amines is 1. The number of fused-ring (bicyclic) bond motifs is 1. The molecule has 8 heteroatoms. The van der Waals surface area contributed by atoms with E-state index in [1.54, 1.807) is 24.3 Å². The number of carbonyl (C=O) groups is 1. The lowest BCUT2D eigenvalue weighted by Gasteiger charge is -2.07. The number of nitrogens with one attached hydrogen (secondary N) is 1. The number of benzene rings is 2. The summed E-state index contributed by atoms with van der Waals surface area (Å²) in [4.78, 5) is 17.1. The monoisotopic (exact) mass is 432 g/mol. The van der Waals surface area contributed by atoms with Crippen molar-refractivity contribution in [2.24, 2.45) is 0 Å². The lowest BCUT2D eigenvalue weighted by molar-refractivity contribution is 0.0527. The number of phenolic OH excluding ortho intramolecular Hbond substituents is 1. The van der Waals surface area contributed by atoms with Crippen molar-refractivity contribution in [3.63, 3.8) is 0 Å². The largest absolute Gasteiger partial charge is 0.508 e. The van der Waals surface area contributed by atoms with Crippen molar-refractivity contribution >= 4 is 16.9 Å². The topological polar surface area (TPSA) is 102 Å². The molecule has 0 atom stereocenters. The minimum absolute atomic E-state index is 0.191. The smallest absolute Gasteiger partial charge is 0.340 e. The third-order valence-electron chi connectivity index (χ3n) is 5.64. The second-order valence-electron chi connectivity index (χ2n) is 7.90. The van der Waals surface area contributed by atoms with Crippen LogP contribution in [0.5, 0.6) is 11.5 Å². The van der Waals surface area contributed by atoms with Gasteiger partial charge < -0.3 is 19.1 Å². The number of nitrogens with zero attached hydrogens (tertiary/aromatic N) is 3. The van der Waals surface area contributed by atoms with E-state index in [0.717, 1.165) is 35.0 Å². The first-order valence-corrected chi connectivity index (χ1v) is 10.7. The van der Waals surface area contributed by atoms with Gasteiger partial charge in [-0.2, -0.15) is 5.10 Å². The van der Waals surface area contributed by atoms with E-state index in [0.29, 0.717) is 35.6 Å². The Hall–Kier alpha value is -3.81. The highest BCUT2D eigenvalue weighted by atomic mass is 16.5. The highest BCUT2D eigenvalue weighted by molar-refractivity contribution is 6.06. The van der Waals surface area contributed by atoms with E-state index in [4.69, 9.17) is 9.47 Å². The maximum absolute atomic E-state index is 12.7. The Morgan fingerprint density at radius 3 is 2.72 bits per heavy atom. The number of aromatic hydroxyl groups is 1. The van der Waals surface area contributed by atoms with Crippen LogP contribution in [0.1, 0.15) is 47.7 Å². The van der Waals surface area contributed by atoms with Gasteiger partial charge >= 0.3 is 5.97 Å². The third kappa shape index (κ3) is 3.68. The third-order valence-corrected chi connectivity index (χ3v) is 5.64. The van der Waals surface area contributed by atoms with Gasteiger partial charge in [-0.1, -0.05) is 0 Å². The number of hydrogen-bond donors (Lipinski definition) is 2. The zero-order chi connectivity index (χ0) is 22.2. The molecule has 2 N–H and O–H groups in total. The van der Waals surface area contributed by atoms with Crippen LogP contribution in [0.2, 0.25) is 0 Å². The summed E-state index contributed by atoms with van der Waals surface area (Å²) in [6.07, 6.45) is 2.25. The summed E-state index contributed by atoms with van der Waals surface area (Å²) in [7, 11) is 0. The summed E-state index contributed by atoms with van der Waals surface area (Å²) in [6.45, 7) is 4.32. The van der Waals surface area contributed by atoms with Crippen molar-refractivity contribution in [1.82, 2.24) is 19.7 Å². The zero-order valence-corrected chi connectivity index (χ0v) is 18.0. The molecule has 8 nitrogen and oxygen atoms in total. The van der Waals surface area contributed by atoms with Crippen molar-refractivity contribution in [3.8, 4) is 22.9 Å². The quantitative estimate of drug-likeness (QED) is 0.416. The second-order valence-corrected chi connectivity index (χ2v) is 7.90. The average molecular weight is 432 g/mol. The van der Waals surface area contributed by atoms with Crippen molar-refractivity contribution < 1.29 is 19.4 Å². The molecule has 2 heterocycles. The Bertz CT molecular complexity index is 1290. The zero-order valence-electron chi connectivity index (χ0n) is 18.0. The number of phenols is 1. The van der Waals surface area contributed by atoms with Crippen LogP contribution >= 0.6 is 0 Å². The van der Waals surface area contributed by atoms with E-state index < -0.39 is 0 Å². The fraction of sp³-hybridized carbons (Fsp3) is 0.292. The molecule has 0 radical (unpaired) electrons. The lowest BCUT2D eigenvalue weighted by atomic mass is 10.1. The van der Waals surface area contributed by atoms with Crippen molar-refractivity contribution in [2.75, 3.05) is 6.61 Å². The molecule has 0 unspecified atom stereocenters. The van der Waals surface area contributed by atoms with E-state index >= 15 is 0 Å². The summed E-state index contributed by atoms with van der Waals surface area (Å²) in [6, 6.07) is 12.9. The van der Waals surface area contributed by atoms with E-state index in [1.165, 1.54) is 0 Å². The number of carbonyl (C=O) groups excluding carboxylic acids is 1. The predicted molar refractivity (Wildman–Crippen MR) is 119 cm³/mol. The first-order chi connectivity index (χ1) is 15.5. The van der Waals surface area contributed by atoms with Crippen molar-refractivity contribution in [1.29, 1.82) is 0 Å². The van der Waals surface area contributed by atoms with Crippen molar-refractivity contribution in [2.45, 2.75) is 39.3 Å². The first-order valence-electron chi connectivity index (χ1n) is 10.7. The van der Waals surface area contributed by atoms with Crippen LogP contribution in [0.3, 0.4) is 0 Å². The molecule has 0 bridgehead atoms. The summed E-state index contributed by atoms with van der Waals surface area (Å²) in [5, 5.41) is 17.4. The summed E-state index contributed by atoms with van der Waals surface area (Å²) < 4.78 is 13.5. The molecular weight excluding hydrogens is 408 g/mol. The molecule has 1 aliphatic rings. The number of esters is 1. The van der Waals surface area contributed by atoms with Gasteiger partial charge in [0.05, 0.1) is 12.2 Å². The van der Waals surface area contributed by atoms with Gasteiger partial charge in [0.2, 0.25) is 0 Å². The number of H-pyrrole nitrogens is 1. The molecule has 1 fully saturated rings. The minimum atomic E-state index is -0.305. The molecule has 2 aromatic carbocycles. The minimum Gasteiger partial charge on any atom is -0.508 e. The molecule has 32 heavy (non-hydrogen) atoms. The van der Waals surface area contributed by atoms with Gasteiger partial charge in [-0.25, -0.2) is 9.78 Å². The van der Waals surface area contributed by atoms with Crippen LogP contribution in [-0.2, 0) is 11.3 Å². The van der Waals surface area contributed by atoms with Gasteiger partial charge in [-0.05, 0) is 69.2 Å². The molecule has 1 saturated carbocycles. The van der Waals surface area contributed by atoms with Crippen LogP contribution in [0.15, 0.2) is 42.5 Å². The maximum atomic E-state index is 12.7. The van der Waals surface area contributed by atoms with Crippen LogP contribution in [0, 0.1) is 6.92 Å². The Morgan fingerprint density at radius 2 is 2.00 bits per heavy atom. The van der Waals surface area contributed by atoms with E-state index in [9.17, 15) is 9.90 Å².